The first-order chi connectivity index (χ1) is 20.9. The number of ether oxygens (including phenoxy) is 1. The second-order valence-corrected chi connectivity index (χ2v) is 14.0. The van der Waals surface area contributed by atoms with Crippen molar-refractivity contribution in [3.05, 3.63) is 87.4 Å². The maximum Gasteiger partial charge on any atom is 0.264 e. The van der Waals surface area contributed by atoms with Gasteiger partial charge in [0.1, 0.15) is 18.3 Å². The molecule has 1 atom stereocenters. The number of nitrogens with zero attached hydrogens (tertiary/aromatic N) is 2. The van der Waals surface area contributed by atoms with Gasteiger partial charge in [0.25, 0.3) is 10.0 Å². The number of hydrogen-bond acceptors (Lipinski definition) is 5. The van der Waals surface area contributed by atoms with Crippen molar-refractivity contribution in [3.63, 3.8) is 0 Å². The molecule has 1 aliphatic rings. The molecule has 0 radical (unpaired) electrons. The number of halogens is 2. The van der Waals surface area contributed by atoms with Crippen LogP contribution < -0.4 is 14.4 Å². The molecule has 8 nitrogen and oxygen atoms in total. The van der Waals surface area contributed by atoms with E-state index in [-0.39, 0.29) is 34.8 Å². The maximum absolute atomic E-state index is 14.3. The first-order valence-electron chi connectivity index (χ1n) is 14.7. The molecule has 1 N–H and O–H groups in total. The van der Waals surface area contributed by atoms with Crippen LogP contribution in [0.4, 0.5) is 5.69 Å². The Hall–Kier alpha value is -3.27. The van der Waals surface area contributed by atoms with Gasteiger partial charge in [-0.3, -0.25) is 13.9 Å². The van der Waals surface area contributed by atoms with E-state index in [4.69, 9.17) is 27.9 Å². The third-order valence-electron chi connectivity index (χ3n) is 7.97. The van der Waals surface area contributed by atoms with Crippen molar-refractivity contribution in [2.45, 2.75) is 76.4 Å². The lowest BCUT2D eigenvalue weighted by atomic mass is 9.95. The minimum Gasteiger partial charge on any atom is -0.495 e. The quantitative estimate of drug-likeness (QED) is 0.248. The number of anilines is 1. The van der Waals surface area contributed by atoms with Crippen LogP contribution >= 0.6 is 23.2 Å². The Labute approximate surface area is 270 Å². The summed E-state index contributed by atoms with van der Waals surface area (Å²) in [6.07, 6.45) is 4.96. The molecule has 0 heterocycles. The average molecular weight is 661 g/mol. The van der Waals surface area contributed by atoms with Gasteiger partial charge in [-0.05, 0) is 81.1 Å². The fourth-order valence-corrected chi connectivity index (χ4v) is 7.22. The third kappa shape index (κ3) is 8.06. The topological polar surface area (TPSA) is 96.0 Å². The van der Waals surface area contributed by atoms with Crippen molar-refractivity contribution >= 4 is 50.7 Å². The summed E-state index contributed by atoms with van der Waals surface area (Å²) >= 11 is 12.6. The molecule has 4 rings (SSSR count). The smallest absolute Gasteiger partial charge is 0.264 e. The van der Waals surface area contributed by atoms with Gasteiger partial charge in [-0.1, -0.05) is 72.3 Å². The molecule has 44 heavy (non-hydrogen) atoms. The molecule has 0 saturated heterocycles. The molecule has 1 fully saturated rings. The third-order valence-corrected chi connectivity index (χ3v) is 10.3. The zero-order valence-electron chi connectivity index (χ0n) is 25.5. The van der Waals surface area contributed by atoms with Crippen LogP contribution in [-0.4, -0.2) is 50.9 Å². The van der Waals surface area contributed by atoms with Gasteiger partial charge in [0.15, 0.2) is 0 Å². The summed E-state index contributed by atoms with van der Waals surface area (Å²) in [6, 6.07) is 15.6. The number of benzene rings is 3. The van der Waals surface area contributed by atoms with Crippen molar-refractivity contribution in [1.29, 1.82) is 0 Å². The summed E-state index contributed by atoms with van der Waals surface area (Å²) in [5.74, 6) is -0.604. The average Bonchev–Trinajstić information content (AvgIpc) is 2.99. The van der Waals surface area contributed by atoms with Gasteiger partial charge in [0.2, 0.25) is 11.8 Å². The molecule has 3 aromatic rings. The predicted octanol–water partition coefficient (Wildman–Crippen LogP) is 6.68. The fourth-order valence-electron chi connectivity index (χ4n) is 5.33. The summed E-state index contributed by atoms with van der Waals surface area (Å²) < 4.78 is 35.0. The van der Waals surface area contributed by atoms with Crippen molar-refractivity contribution in [2.75, 3.05) is 18.0 Å². The van der Waals surface area contributed by atoms with Crippen molar-refractivity contribution in [3.8, 4) is 5.75 Å². The highest BCUT2D eigenvalue weighted by Gasteiger charge is 2.34. The second-order valence-electron chi connectivity index (χ2n) is 11.3. The number of sulfonamides is 1. The van der Waals surface area contributed by atoms with E-state index >= 15 is 0 Å². The zero-order chi connectivity index (χ0) is 32.0. The van der Waals surface area contributed by atoms with Gasteiger partial charge in [-0.15, -0.1) is 0 Å². The van der Waals surface area contributed by atoms with Crippen LogP contribution in [0.1, 0.15) is 55.7 Å². The van der Waals surface area contributed by atoms with Gasteiger partial charge in [-0.25, -0.2) is 8.42 Å². The molecule has 0 aromatic heterocycles. The lowest BCUT2D eigenvalue weighted by Gasteiger charge is -2.33. The normalized spacial score (nSPS) is 14.5. The Morgan fingerprint density at radius 3 is 2.25 bits per heavy atom. The van der Waals surface area contributed by atoms with E-state index in [1.54, 1.807) is 55.5 Å². The van der Waals surface area contributed by atoms with Crippen molar-refractivity contribution in [2.24, 2.45) is 0 Å². The Morgan fingerprint density at radius 1 is 0.955 bits per heavy atom. The number of nitrogens with one attached hydrogen (secondary N) is 1. The van der Waals surface area contributed by atoms with Crippen molar-refractivity contribution in [1.82, 2.24) is 10.2 Å². The van der Waals surface area contributed by atoms with E-state index in [0.717, 1.165) is 47.5 Å². The number of methoxy groups -OCH3 is 1. The summed E-state index contributed by atoms with van der Waals surface area (Å²) in [5.41, 5.74) is 2.46. The number of aryl methyl sites for hydroxylation is 2. The van der Waals surface area contributed by atoms with Gasteiger partial charge < -0.3 is 15.0 Å². The Balaban J connectivity index is 1.75. The van der Waals surface area contributed by atoms with Gasteiger partial charge in [0, 0.05) is 22.6 Å². The standard InChI is InChI=1S/C33H39Cl2N3O5S/c1-22-10-15-28(16-11-22)44(41,42)38(30-18-23(2)12-17-31(30)43-4)21-32(39)37(20-25-13-14-26(34)19-29(25)35)24(3)33(40)36-27-8-6-5-7-9-27/h10-19,24,27H,5-9,20-21H2,1-4H3,(H,36,40)/t24-/m1/s1. The molecule has 0 unspecified atom stereocenters. The Kier molecular flexibility index (Phi) is 11.2. The minimum atomic E-state index is -4.24. The lowest BCUT2D eigenvalue weighted by Crippen LogP contribution is -2.53. The molecule has 0 aliphatic heterocycles. The van der Waals surface area contributed by atoms with E-state index in [1.165, 1.54) is 24.1 Å². The number of amides is 2. The van der Waals surface area contributed by atoms with Gasteiger partial charge in [-0.2, -0.15) is 0 Å². The molecule has 3 aromatic carbocycles. The summed E-state index contributed by atoms with van der Waals surface area (Å²) in [5, 5.41) is 3.86. The van der Waals surface area contributed by atoms with Gasteiger partial charge >= 0.3 is 0 Å². The maximum atomic E-state index is 14.3. The van der Waals surface area contributed by atoms with E-state index in [1.807, 2.05) is 13.8 Å². The van der Waals surface area contributed by atoms with E-state index < -0.39 is 28.5 Å². The molecular weight excluding hydrogens is 621 g/mol. The molecule has 0 spiro atoms. The molecule has 2 amide bonds. The van der Waals surface area contributed by atoms with Crippen LogP contribution in [0.3, 0.4) is 0 Å². The number of rotatable bonds is 11. The monoisotopic (exact) mass is 659 g/mol. The fraction of sp³-hybridized carbons (Fsp3) is 0.394. The molecule has 1 aliphatic carbocycles. The number of hydrogen-bond donors (Lipinski definition) is 1. The number of carbonyl (C=O) groups excluding carboxylic acids is 2. The molecular formula is C33H39Cl2N3O5S. The van der Waals surface area contributed by atoms with Crippen LogP contribution in [0, 0.1) is 13.8 Å². The summed E-state index contributed by atoms with van der Waals surface area (Å²) in [6.45, 7) is 4.72. The van der Waals surface area contributed by atoms with E-state index in [9.17, 15) is 18.0 Å². The van der Waals surface area contributed by atoms with E-state index in [2.05, 4.69) is 5.32 Å². The summed E-state index contributed by atoms with van der Waals surface area (Å²) in [4.78, 5) is 29.2. The summed E-state index contributed by atoms with van der Waals surface area (Å²) in [7, 11) is -2.80. The predicted molar refractivity (Wildman–Crippen MR) is 175 cm³/mol. The van der Waals surface area contributed by atoms with Crippen LogP contribution in [0.25, 0.3) is 0 Å². The number of carbonyl (C=O) groups is 2. The SMILES string of the molecule is COc1ccc(C)cc1N(CC(=O)N(Cc1ccc(Cl)cc1Cl)[C@H](C)C(=O)NC1CCCCC1)S(=O)(=O)c1ccc(C)cc1. The van der Waals surface area contributed by atoms with Crippen LogP contribution in [0.5, 0.6) is 5.75 Å². The van der Waals surface area contributed by atoms with E-state index in [0.29, 0.717) is 15.6 Å². The van der Waals surface area contributed by atoms with Crippen molar-refractivity contribution < 1.29 is 22.7 Å². The van der Waals surface area contributed by atoms with Crippen LogP contribution in [0.2, 0.25) is 10.0 Å². The Bertz CT molecular complexity index is 1590. The molecule has 1 saturated carbocycles. The van der Waals surface area contributed by atoms with Crippen LogP contribution in [-0.2, 0) is 26.2 Å². The molecule has 236 valence electrons. The molecule has 0 bridgehead atoms. The lowest BCUT2D eigenvalue weighted by molar-refractivity contribution is -0.139. The highest BCUT2D eigenvalue weighted by molar-refractivity contribution is 7.92. The van der Waals surface area contributed by atoms with Gasteiger partial charge in [0.05, 0.1) is 17.7 Å². The molecule has 11 heteroatoms. The van der Waals surface area contributed by atoms with Crippen LogP contribution in [0.15, 0.2) is 65.6 Å². The second kappa shape index (κ2) is 14.7. The first-order valence-corrected chi connectivity index (χ1v) is 16.9. The minimum absolute atomic E-state index is 0.0230. The first kappa shape index (κ1) is 33.6. The highest BCUT2D eigenvalue weighted by Crippen LogP contribution is 2.34. The Morgan fingerprint density at radius 2 is 1.61 bits per heavy atom. The largest absolute Gasteiger partial charge is 0.495 e. The zero-order valence-corrected chi connectivity index (χ0v) is 27.8. The highest BCUT2D eigenvalue weighted by atomic mass is 35.5.